The van der Waals surface area contributed by atoms with Crippen LogP contribution in [0, 0.1) is 0 Å². The first-order valence-electron chi connectivity index (χ1n) is 7.82. The van der Waals surface area contributed by atoms with Gasteiger partial charge < -0.3 is 30.3 Å². The predicted octanol–water partition coefficient (Wildman–Crippen LogP) is -2.55. The van der Waals surface area contributed by atoms with Crippen LogP contribution in [0.2, 0.25) is 0 Å². The van der Waals surface area contributed by atoms with Crippen molar-refractivity contribution in [2.24, 2.45) is 5.73 Å². The number of nitrogens with zero attached hydrogens (tertiary/aromatic N) is 4. The number of amides is 1. The summed E-state index contributed by atoms with van der Waals surface area (Å²) < 4.78 is 30.2. The fourth-order valence-corrected chi connectivity index (χ4v) is 3.83. The van der Waals surface area contributed by atoms with Gasteiger partial charge in [-0.05, 0) is 0 Å². The van der Waals surface area contributed by atoms with Crippen LogP contribution >= 0.6 is 7.75 Å². The van der Waals surface area contributed by atoms with Gasteiger partial charge in [0.25, 0.3) is 5.91 Å². The Balaban J connectivity index is 1.62. The van der Waals surface area contributed by atoms with Gasteiger partial charge >= 0.3 is 7.75 Å². The van der Waals surface area contributed by atoms with E-state index in [1.807, 2.05) is 0 Å². The zero-order chi connectivity index (χ0) is 18.9. The van der Waals surface area contributed by atoms with Gasteiger partial charge in [-0.2, -0.15) is 0 Å². The van der Waals surface area contributed by atoms with Crippen LogP contribution in [0.1, 0.15) is 16.8 Å². The second-order valence-electron chi connectivity index (χ2n) is 5.81. The molecule has 0 aromatic carbocycles. The van der Waals surface area contributed by atoms with Crippen molar-refractivity contribution in [2.75, 3.05) is 32.9 Å². The molecule has 146 valence electrons. The smallest absolute Gasteiger partial charge is 0.387 e. The van der Waals surface area contributed by atoms with Gasteiger partial charge in [0.1, 0.15) is 24.6 Å². The quantitative estimate of drug-likeness (QED) is 0.373. The van der Waals surface area contributed by atoms with E-state index in [0.29, 0.717) is 13.2 Å². The number of aliphatic hydroxyl groups excluding tert-OH is 2. The van der Waals surface area contributed by atoms with Gasteiger partial charge in [-0.3, -0.25) is 9.32 Å². The van der Waals surface area contributed by atoms with Crippen molar-refractivity contribution in [3.63, 3.8) is 0 Å². The Hall–Kier alpha value is -1.44. The van der Waals surface area contributed by atoms with E-state index >= 15 is 0 Å². The molecular weight excluding hydrogens is 373 g/mol. The molecule has 0 saturated carbocycles. The summed E-state index contributed by atoms with van der Waals surface area (Å²) in [6, 6.07) is 0. The van der Waals surface area contributed by atoms with Gasteiger partial charge in [0.15, 0.2) is 6.23 Å². The number of hydrogen-bond donors (Lipinski definition) is 4. The first-order chi connectivity index (χ1) is 12.3. The van der Waals surface area contributed by atoms with Crippen molar-refractivity contribution in [1.29, 1.82) is 0 Å². The summed E-state index contributed by atoms with van der Waals surface area (Å²) >= 11 is 0. The summed E-state index contributed by atoms with van der Waals surface area (Å²) in [5, 5.41) is 24.0. The lowest BCUT2D eigenvalue weighted by Crippen LogP contribution is -2.36. The number of ether oxygens (including phenoxy) is 2. The summed E-state index contributed by atoms with van der Waals surface area (Å²) in [6.45, 7) is 0.665. The van der Waals surface area contributed by atoms with Crippen LogP contribution in [-0.2, 0) is 18.6 Å². The Morgan fingerprint density at radius 3 is 2.69 bits per heavy atom. The van der Waals surface area contributed by atoms with Crippen LogP contribution in [0.3, 0.4) is 0 Å². The SMILES string of the molecule is NC(=O)c1ncn([C@@H]2O[C@H](COP(=O)(O)N3CCOCC3)[C@@H](O)[C@H]2O)n1. The first kappa shape index (κ1) is 19.3. The van der Waals surface area contributed by atoms with Gasteiger partial charge in [0.05, 0.1) is 19.8 Å². The predicted molar refractivity (Wildman–Crippen MR) is 82.6 cm³/mol. The average Bonchev–Trinajstić information content (AvgIpc) is 3.21. The fourth-order valence-electron chi connectivity index (χ4n) is 2.65. The highest BCUT2D eigenvalue weighted by molar-refractivity contribution is 7.50. The molecule has 2 aliphatic rings. The number of aromatic nitrogens is 3. The summed E-state index contributed by atoms with van der Waals surface area (Å²) in [5.41, 5.74) is 5.06. The third-order valence-electron chi connectivity index (χ3n) is 4.08. The van der Waals surface area contributed by atoms with E-state index < -0.39 is 44.8 Å². The number of aliphatic hydroxyl groups is 2. The minimum Gasteiger partial charge on any atom is -0.387 e. The molecule has 26 heavy (non-hydrogen) atoms. The molecule has 3 rings (SSSR count). The number of hydrogen-bond acceptors (Lipinski definition) is 9. The van der Waals surface area contributed by atoms with Crippen molar-refractivity contribution in [3.8, 4) is 0 Å². The van der Waals surface area contributed by atoms with Gasteiger partial charge in [-0.15, -0.1) is 5.10 Å². The lowest BCUT2D eigenvalue weighted by molar-refractivity contribution is -0.0583. The molecule has 2 fully saturated rings. The van der Waals surface area contributed by atoms with E-state index in [4.69, 9.17) is 19.7 Å². The maximum atomic E-state index is 12.3. The molecule has 1 aromatic heterocycles. The number of rotatable bonds is 6. The standard InChI is InChI=1S/C12H20N5O8P/c13-10(20)11-14-6-17(15-11)12-9(19)8(18)7(25-12)5-24-26(21,22)16-1-3-23-4-2-16/h6-9,12,18-19H,1-5H2,(H2,13,20)(H,21,22)/t7-,8-,9-,12-/m1/s1. The number of carbonyl (C=O) groups excluding carboxylic acids is 1. The minimum absolute atomic E-state index is 0.238. The lowest BCUT2D eigenvalue weighted by Gasteiger charge is -2.30. The molecule has 0 bridgehead atoms. The zero-order valence-electron chi connectivity index (χ0n) is 13.6. The van der Waals surface area contributed by atoms with Crippen LogP contribution < -0.4 is 5.73 Å². The zero-order valence-corrected chi connectivity index (χ0v) is 14.5. The molecule has 0 spiro atoms. The number of primary amides is 1. The van der Waals surface area contributed by atoms with Crippen LogP contribution in [0.15, 0.2) is 6.33 Å². The van der Waals surface area contributed by atoms with Gasteiger partial charge in [-0.1, -0.05) is 0 Å². The molecule has 2 saturated heterocycles. The van der Waals surface area contributed by atoms with Crippen LogP contribution in [-0.4, -0.2) is 91.7 Å². The molecule has 13 nitrogen and oxygen atoms in total. The largest absolute Gasteiger partial charge is 0.405 e. The third-order valence-corrected chi connectivity index (χ3v) is 5.68. The fraction of sp³-hybridized carbons (Fsp3) is 0.750. The molecule has 14 heteroatoms. The Labute approximate surface area is 147 Å². The molecule has 1 unspecified atom stereocenters. The van der Waals surface area contributed by atoms with E-state index in [0.717, 1.165) is 11.0 Å². The molecule has 0 aliphatic carbocycles. The molecule has 1 aromatic rings. The summed E-state index contributed by atoms with van der Waals surface area (Å²) in [5.74, 6) is -1.13. The molecule has 1 amide bonds. The second kappa shape index (κ2) is 7.66. The van der Waals surface area contributed by atoms with E-state index in [9.17, 15) is 24.5 Å². The number of morpholine rings is 1. The topological polar surface area (TPSA) is 182 Å². The first-order valence-corrected chi connectivity index (χ1v) is 9.35. The molecule has 3 heterocycles. The third kappa shape index (κ3) is 3.94. The normalized spacial score (nSPS) is 32.4. The molecule has 5 atom stereocenters. The monoisotopic (exact) mass is 393 g/mol. The summed E-state index contributed by atoms with van der Waals surface area (Å²) in [4.78, 5) is 24.7. The lowest BCUT2D eigenvalue weighted by atomic mass is 10.1. The maximum Gasteiger partial charge on any atom is 0.405 e. The molecule has 0 radical (unpaired) electrons. The van der Waals surface area contributed by atoms with Gasteiger partial charge in [0.2, 0.25) is 5.82 Å². The molecule has 5 N–H and O–H groups in total. The number of carbonyl (C=O) groups is 1. The second-order valence-corrected chi connectivity index (χ2v) is 7.62. The van der Waals surface area contributed by atoms with Gasteiger partial charge in [-0.25, -0.2) is 18.9 Å². The van der Waals surface area contributed by atoms with E-state index in [1.165, 1.54) is 4.67 Å². The van der Waals surface area contributed by atoms with E-state index in [2.05, 4.69) is 10.1 Å². The van der Waals surface area contributed by atoms with Crippen molar-refractivity contribution < 1.29 is 38.5 Å². The van der Waals surface area contributed by atoms with Crippen LogP contribution in [0.25, 0.3) is 0 Å². The van der Waals surface area contributed by atoms with E-state index in [1.54, 1.807) is 0 Å². The Morgan fingerprint density at radius 1 is 1.38 bits per heavy atom. The minimum atomic E-state index is -4.08. The highest BCUT2D eigenvalue weighted by Gasteiger charge is 2.45. The maximum absolute atomic E-state index is 12.3. The Kier molecular flexibility index (Phi) is 5.69. The summed E-state index contributed by atoms with van der Waals surface area (Å²) in [6.07, 6.45) is -3.92. The highest BCUT2D eigenvalue weighted by atomic mass is 31.2. The Bertz CT molecular complexity index is 695. The highest BCUT2D eigenvalue weighted by Crippen LogP contribution is 2.47. The Morgan fingerprint density at radius 2 is 2.08 bits per heavy atom. The summed E-state index contributed by atoms with van der Waals surface area (Å²) in [7, 11) is -4.08. The van der Waals surface area contributed by atoms with E-state index in [-0.39, 0.29) is 18.9 Å². The molecule has 2 aliphatic heterocycles. The number of nitrogens with two attached hydrogens (primary N) is 1. The van der Waals surface area contributed by atoms with Crippen molar-refractivity contribution in [1.82, 2.24) is 19.4 Å². The average molecular weight is 393 g/mol. The van der Waals surface area contributed by atoms with Crippen molar-refractivity contribution in [3.05, 3.63) is 12.2 Å². The van der Waals surface area contributed by atoms with Crippen molar-refractivity contribution in [2.45, 2.75) is 24.5 Å². The van der Waals surface area contributed by atoms with Crippen LogP contribution in [0.4, 0.5) is 0 Å². The van der Waals surface area contributed by atoms with Gasteiger partial charge in [0, 0.05) is 13.1 Å². The van der Waals surface area contributed by atoms with Crippen LogP contribution in [0.5, 0.6) is 0 Å². The van der Waals surface area contributed by atoms with Crippen molar-refractivity contribution >= 4 is 13.7 Å². The molecular formula is C12H20N5O8P.